The number of benzene rings is 1. The molecule has 5 heteroatoms. The normalized spacial score (nSPS) is 19.9. The smallest absolute Gasteiger partial charge is 0.190 e. The Morgan fingerprint density at radius 3 is 2.86 bits per heavy atom. The van der Waals surface area contributed by atoms with Crippen molar-refractivity contribution in [1.29, 1.82) is 0 Å². The zero-order valence-electron chi connectivity index (χ0n) is 10.7. The summed E-state index contributed by atoms with van der Waals surface area (Å²) in [6, 6.07) is 5.14. The molecule has 0 spiro atoms. The van der Waals surface area contributed by atoms with E-state index in [4.69, 9.17) is 16.1 Å². The average molecular weight is 298 g/mol. The first-order valence-corrected chi connectivity index (χ1v) is 6.76. The zero-order chi connectivity index (χ0) is 14.6. The second-order valence-electron chi connectivity index (χ2n) is 4.97. The van der Waals surface area contributed by atoms with Crippen molar-refractivity contribution in [3.63, 3.8) is 0 Å². The van der Waals surface area contributed by atoms with E-state index < -0.39 is 0 Å². The predicted molar refractivity (Wildman–Crippen MR) is 77.0 cm³/mol. The SMILES string of the molecule is O=C1C=Cc2nocc2/C1=C1/Cc2cc(Cl)ccc2C1=O. The summed E-state index contributed by atoms with van der Waals surface area (Å²) in [5.74, 6) is -0.333. The molecular formula is C16H8ClNO3. The molecule has 0 bridgehead atoms. The first kappa shape index (κ1) is 12.3. The van der Waals surface area contributed by atoms with Gasteiger partial charge >= 0.3 is 0 Å². The molecule has 0 amide bonds. The lowest BCUT2D eigenvalue weighted by Gasteiger charge is -2.09. The predicted octanol–water partition coefficient (Wildman–Crippen LogP) is 3.12. The maximum Gasteiger partial charge on any atom is 0.190 e. The number of aromatic nitrogens is 1. The zero-order valence-corrected chi connectivity index (χ0v) is 11.5. The Kier molecular flexibility index (Phi) is 2.50. The van der Waals surface area contributed by atoms with Crippen LogP contribution in [0.1, 0.15) is 27.2 Å². The van der Waals surface area contributed by atoms with Gasteiger partial charge < -0.3 is 4.52 Å². The van der Waals surface area contributed by atoms with Crippen LogP contribution in [0.25, 0.3) is 11.6 Å². The monoisotopic (exact) mass is 297 g/mol. The van der Waals surface area contributed by atoms with Crippen LogP contribution in [0.5, 0.6) is 0 Å². The summed E-state index contributed by atoms with van der Waals surface area (Å²) in [6.07, 6.45) is 4.81. The lowest BCUT2D eigenvalue weighted by Crippen LogP contribution is -2.10. The number of allylic oxidation sites excluding steroid dienone is 3. The van der Waals surface area contributed by atoms with Gasteiger partial charge in [-0.2, -0.15) is 0 Å². The van der Waals surface area contributed by atoms with E-state index in [1.165, 1.54) is 12.3 Å². The Morgan fingerprint density at radius 1 is 1.14 bits per heavy atom. The van der Waals surface area contributed by atoms with E-state index in [9.17, 15) is 9.59 Å². The van der Waals surface area contributed by atoms with Gasteiger partial charge in [0.15, 0.2) is 11.6 Å². The summed E-state index contributed by atoms with van der Waals surface area (Å²) in [5.41, 5.74) is 3.44. The summed E-state index contributed by atoms with van der Waals surface area (Å²) in [5, 5.41) is 4.40. The van der Waals surface area contributed by atoms with Gasteiger partial charge in [0, 0.05) is 28.2 Å². The number of halogens is 1. The first-order chi connectivity index (χ1) is 10.1. The quantitative estimate of drug-likeness (QED) is 0.701. The number of ketones is 2. The van der Waals surface area contributed by atoms with E-state index in [2.05, 4.69) is 5.16 Å². The third-order valence-electron chi connectivity index (χ3n) is 3.76. The second kappa shape index (κ2) is 4.27. The maximum atomic E-state index is 12.6. The number of hydrogen-bond acceptors (Lipinski definition) is 4. The van der Waals surface area contributed by atoms with E-state index in [-0.39, 0.29) is 11.6 Å². The number of fused-ring (bicyclic) bond motifs is 2. The number of carbonyl (C=O) groups is 2. The third-order valence-corrected chi connectivity index (χ3v) is 4.00. The largest absolute Gasteiger partial charge is 0.363 e. The highest BCUT2D eigenvalue weighted by Gasteiger charge is 2.32. The lowest BCUT2D eigenvalue weighted by atomic mass is 9.90. The van der Waals surface area contributed by atoms with Gasteiger partial charge in [-0.3, -0.25) is 9.59 Å². The minimum atomic E-state index is -0.201. The van der Waals surface area contributed by atoms with E-state index in [0.717, 1.165) is 5.56 Å². The Morgan fingerprint density at radius 2 is 2.00 bits per heavy atom. The van der Waals surface area contributed by atoms with Crippen molar-refractivity contribution in [3.8, 4) is 0 Å². The fourth-order valence-electron chi connectivity index (χ4n) is 2.80. The number of rotatable bonds is 0. The van der Waals surface area contributed by atoms with Crippen LogP contribution in [0.2, 0.25) is 5.02 Å². The molecule has 0 saturated heterocycles. The lowest BCUT2D eigenvalue weighted by molar-refractivity contribution is -0.109. The number of nitrogens with zero attached hydrogens (tertiary/aromatic N) is 1. The summed E-state index contributed by atoms with van der Waals surface area (Å²) in [6.45, 7) is 0. The first-order valence-electron chi connectivity index (χ1n) is 6.38. The summed E-state index contributed by atoms with van der Waals surface area (Å²) in [7, 11) is 0. The molecule has 102 valence electrons. The maximum absolute atomic E-state index is 12.6. The van der Waals surface area contributed by atoms with Crippen molar-refractivity contribution < 1.29 is 14.1 Å². The second-order valence-corrected chi connectivity index (χ2v) is 5.41. The van der Waals surface area contributed by atoms with Crippen molar-refractivity contribution in [3.05, 3.63) is 63.5 Å². The molecule has 0 saturated carbocycles. The topological polar surface area (TPSA) is 60.2 Å². The van der Waals surface area contributed by atoms with Gasteiger partial charge in [-0.1, -0.05) is 16.8 Å². The molecular weight excluding hydrogens is 290 g/mol. The molecule has 1 aromatic heterocycles. The fourth-order valence-corrected chi connectivity index (χ4v) is 2.99. The Bertz CT molecular complexity index is 873. The van der Waals surface area contributed by atoms with Crippen molar-refractivity contribution in [2.24, 2.45) is 0 Å². The fraction of sp³-hybridized carbons (Fsp3) is 0.0625. The van der Waals surface area contributed by atoms with Crippen LogP contribution in [0.15, 0.2) is 40.6 Å². The van der Waals surface area contributed by atoms with Gasteiger partial charge in [0.05, 0.1) is 5.56 Å². The van der Waals surface area contributed by atoms with Gasteiger partial charge in [-0.25, -0.2) is 0 Å². The molecule has 4 nitrogen and oxygen atoms in total. The highest BCUT2D eigenvalue weighted by molar-refractivity contribution is 6.36. The van der Waals surface area contributed by atoms with Crippen LogP contribution in [0.3, 0.4) is 0 Å². The molecule has 2 aliphatic rings. The molecule has 0 atom stereocenters. The standard InChI is InChI=1S/C16H8ClNO3/c17-9-1-2-10-8(5-9)6-11(16(10)20)15-12-7-21-18-13(12)3-4-14(15)19/h1-5,7H,6H2/b15-11+. The van der Waals surface area contributed by atoms with E-state index >= 15 is 0 Å². The average Bonchev–Trinajstić information content (AvgIpc) is 3.04. The van der Waals surface area contributed by atoms with Crippen LogP contribution in [-0.4, -0.2) is 16.7 Å². The van der Waals surface area contributed by atoms with Crippen molar-refractivity contribution in [2.75, 3.05) is 0 Å². The minimum absolute atomic E-state index is 0.132. The highest BCUT2D eigenvalue weighted by atomic mass is 35.5. The van der Waals surface area contributed by atoms with Crippen LogP contribution >= 0.6 is 11.6 Å². The minimum Gasteiger partial charge on any atom is -0.363 e. The molecule has 0 unspecified atom stereocenters. The van der Waals surface area contributed by atoms with Crippen LogP contribution < -0.4 is 0 Å². The van der Waals surface area contributed by atoms with Gasteiger partial charge in [0.2, 0.25) is 0 Å². The molecule has 21 heavy (non-hydrogen) atoms. The molecule has 1 aromatic carbocycles. The van der Waals surface area contributed by atoms with Gasteiger partial charge in [-0.05, 0) is 35.9 Å². The van der Waals surface area contributed by atoms with Crippen molar-refractivity contribution >= 4 is 34.8 Å². The molecule has 4 rings (SSSR count). The van der Waals surface area contributed by atoms with E-state index in [1.54, 1.807) is 24.3 Å². The van der Waals surface area contributed by atoms with Crippen LogP contribution in [0.4, 0.5) is 0 Å². The summed E-state index contributed by atoms with van der Waals surface area (Å²) in [4.78, 5) is 24.8. The van der Waals surface area contributed by atoms with Gasteiger partial charge in [-0.15, -0.1) is 0 Å². The van der Waals surface area contributed by atoms with Crippen LogP contribution in [0, 0.1) is 0 Å². The summed E-state index contributed by atoms with van der Waals surface area (Å²) < 4.78 is 4.92. The molecule has 1 heterocycles. The Hall–Kier alpha value is -2.46. The number of hydrogen-bond donors (Lipinski definition) is 0. The molecule has 2 aliphatic carbocycles. The number of Topliss-reactive ketones (excluding diaryl/α,β-unsaturated/α-hetero) is 1. The molecule has 2 aromatic rings. The van der Waals surface area contributed by atoms with Gasteiger partial charge in [0.1, 0.15) is 12.0 Å². The van der Waals surface area contributed by atoms with E-state index in [1.807, 2.05) is 0 Å². The highest BCUT2D eigenvalue weighted by Crippen LogP contribution is 2.36. The molecule has 0 N–H and O–H groups in total. The Balaban J connectivity index is 1.94. The Labute approximate surface area is 124 Å². The number of carbonyl (C=O) groups excluding carboxylic acids is 2. The summed E-state index contributed by atoms with van der Waals surface area (Å²) >= 11 is 5.97. The van der Waals surface area contributed by atoms with Crippen molar-refractivity contribution in [2.45, 2.75) is 6.42 Å². The third kappa shape index (κ3) is 1.73. The molecule has 0 fully saturated rings. The molecule has 0 radical (unpaired) electrons. The van der Waals surface area contributed by atoms with E-state index in [0.29, 0.717) is 39.4 Å². The molecule has 0 aliphatic heterocycles. The van der Waals surface area contributed by atoms with Crippen molar-refractivity contribution in [1.82, 2.24) is 5.16 Å². The van der Waals surface area contributed by atoms with Crippen LogP contribution in [-0.2, 0) is 11.2 Å². The van der Waals surface area contributed by atoms with Gasteiger partial charge in [0.25, 0.3) is 0 Å².